The van der Waals surface area contributed by atoms with Gasteiger partial charge >= 0.3 is 6.03 Å². The highest BCUT2D eigenvalue weighted by Gasteiger charge is 2.26. The normalized spacial score (nSPS) is 11.4. The average molecular weight is 325 g/mol. The molecule has 0 spiro atoms. The van der Waals surface area contributed by atoms with Crippen molar-refractivity contribution in [1.82, 2.24) is 10.2 Å². The van der Waals surface area contributed by atoms with Crippen LogP contribution in [-0.4, -0.2) is 29.9 Å². The molecule has 1 atom stereocenters. The zero-order valence-electron chi connectivity index (χ0n) is 14.0. The van der Waals surface area contributed by atoms with Gasteiger partial charge < -0.3 is 15.5 Å². The molecule has 3 amide bonds. The molecule has 0 saturated carbocycles. The number of nitrogens with one attached hydrogen (secondary N) is 2. The molecule has 0 bridgehead atoms. The average Bonchev–Trinajstić information content (AvgIpc) is 2.62. The van der Waals surface area contributed by atoms with Gasteiger partial charge in [-0.05, 0) is 31.5 Å². The van der Waals surface area contributed by atoms with E-state index in [1.165, 1.54) is 0 Å². The van der Waals surface area contributed by atoms with E-state index >= 15 is 0 Å². The van der Waals surface area contributed by atoms with Crippen LogP contribution in [0.3, 0.4) is 0 Å². The van der Waals surface area contributed by atoms with E-state index in [2.05, 4.69) is 10.6 Å². The van der Waals surface area contributed by atoms with Crippen molar-refractivity contribution in [3.63, 3.8) is 0 Å². The summed E-state index contributed by atoms with van der Waals surface area (Å²) in [6.07, 6.45) is 0. The minimum atomic E-state index is -0.713. The Labute approximate surface area is 142 Å². The molecule has 0 radical (unpaired) electrons. The SMILES string of the molecule is CCN(CC)C(=O)[C@@H](NC(=O)Nc1ccccc1)c1ccccc1. The number of para-hydroxylation sites is 1. The number of likely N-dealkylation sites (N-methyl/N-ethyl adjacent to an activating group) is 1. The Hall–Kier alpha value is -2.82. The smallest absolute Gasteiger partial charge is 0.320 e. The first-order chi connectivity index (χ1) is 11.7. The number of urea groups is 1. The molecule has 2 N–H and O–H groups in total. The number of benzene rings is 2. The topological polar surface area (TPSA) is 61.4 Å². The van der Waals surface area contributed by atoms with E-state index in [4.69, 9.17) is 0 Å². The van der Waals surface area contributed by atoms with Gasteiger partial charge in [0.15, 0.2) is 0 Å². The molecule has 0 unspecified atom stereocenters. The summed E-state index contributed by atoms with van der Waals surface area (Å²) in [6, 6.07) is 17.3. The molecule has 0 aliphatic heterocycles. The van der Waals surface area contributed by atoms with E-state index in [9.17, 15) is 9.59 Å². The largest absolute Gasteiger partial charge is 0.341 e. The van der Waals surface area contributed by atoms with Crippen molar-refractivity contribution in [3.8, 4) is 0 Å². The highest BCUT2D eigenvalue weighted by atomic mass is 16.2. The first kappa shape index (κ1) is 17.5. The molecule has 2 aromatic carbocycles. The Morgan fingerprint density at radius 3 is 2.00 bits per heavy atom. The van der Waals surface area contributed by atoms with Crippen molar-refractivity contribution < 1.29 is 9.59 Å². The predicted octanol–water partition coefficient (Wildman–Crippen LogP) is 3.42. The maximum absolute atomic E-state index is 12.8. The van der Waals surface area contributed by atoms with E-state index < -0.39 is 12.1 Å². The minimum Gasteiger partial charge on any atom is -0.341 e. The van der Waals surface area contributed by atoms with Gasteiger partial charge in [0.25, 0.3) is 0 Å². The fourth-order valence-electron chi connectivity index (χ4n) is 2.47. The Morgan fingerprint density at radius 2 is 1.46 bits per heavy atom. The summed E-state index contributed by atoms with van der Waals surface area (Å²) >= 11 is 0. The van der Waals surface area contributed by atoms with Crippen LogP contribution < -0.4 is 10.6 Å². The molecule has 2 rings (SSSR count). The van der Waals surface area contributed by atoms with E-state index in [-0.39, 0.29) is 5.91 Å². The van der Waals surface area contributed by atoms with Crippen molar-refractivity contribution in [2.45, 2.75) is 19.9 Å². The van der Waals surface area contributed by atoms with E-state index in [1.807, 2.05) is 62.4 Å². The second-order valence-electron chi connectivity index (χ2n) is 5.32. The second kappa shape index (κ2) is 8.72. The van der Waals surface area contributed by atoms with Gasteiger partial charge in [-0.25, -0.2) is 4.79 Å². The van der Waals surface area contributed by atoms with Crippen LogP contribution in [0.1, 0.15) is 25.5 Å². The van der Waals surface area contributed by atoms with E-state index in [1.54, 1.807) is 17.0 Å². The summed E-state index contributed by atoms with van der Waals surface area (Å²) in [6.45, 7) is 5.04. The van der Waals surface area contributed by atoms with Crippen LogP contribution in [0.15, 0.2) is 60.7 Å². The van der Waals surface area contributed by atoms with Crippen molar-refractivity contribution in [2.24, 2.45) is 0 Å². The molecule has 5 heteroatoms. The highest BCUT2D eigenvalue weighted by Crippen LogP contribution is 2.16. The summed E-state index contributed by atoms with van der Waals surface area (Å²) in [4.78, 5) is 26.8. The molecule has 0 fully saturated rings. The summed E-state index contributed by atoms with van der Waals surface area (Å²) in [5.41, 5.74) is 1.44. The first-order valence-corrected chi connectivity index (χ1v) is 8.12. The van der Waals surface area contributed by atoms with E-state index in [0.717, 1.165) is 5.56 Å². The summed E-state index contributed by atoms with van der Waals surface area (Å²) in [5, 5.41) is 5.54. The molecular formula is C19H23N3O2. The lowest BCUT2D eigenvalue weighted by molar-refractivity contribution is -0.132. The Balaban J connectivity index is 2.17. The third-order valence-corrected chi connectivity index (χ3v) is 3.76. The maximum atomic E-state index is 12.8. The minimum absolute atomic E-state index is 0.116. The van der Waals surface area contributed by atoms with Crippen LogP contribution in [0.4, 0.5) is 10.5 Å². The fourth-order valence-corrected chi connectivity index (χ4v) is 2.47. The van der Waals surface area contributed by atoms with Crippen LogP contribution in [0, 0.1) is 0 Å². The summed E-state index contributed by atoms with van der Waals surface area (Å²) < 4.78 is 0. The number of hydrogen-bond acceptors (Lipinski definition) is 2. The molecule has 0 aromatic heterocycles. The van der Waals surface area contributed by atoms with Crippen LogP contribution in [0.25, 0.3) is 0 Å². The van der Waals surface area contributed by atoms with Crippen LogP contribution in [-0.2, 0) is 4.79 Å². The van der Waals surface area contributed by atoms with Crippen LogP contribution in [0.2, 0.25) is 0 Å². The third-order valence-electron chi connectivity index (χ3n) is 3.76. The quantitative estimate of drug-likeness (QED) is 0.855. The standard InChI is InChI=1S/C19H23N3O2/c1-3-22(4-2)18(23)17(15-11-7-5-8-12-15)21-19(24)20-16-13-9-6-10-14-16/h5-14,17H,3-4H2,1-2H3,(H2,20,21,24)/t17-/m0/s1. The molecule has 0 aliphatic carbocycles. The number of nitrogens with zero attached hydrogens (tertiary/aromatic N) is 1. The molecule has 5 nitrogen and oxygen atoms in total. The molecule has 0 aliphatic rings. The van der Waals surface area contributed by atoms with Gasteiger partial charge in [-0.1, -0.05) is 48.5 Å². The van der Waals surface area contributed by atoms with Crippen LogP contribution >= 0.6 is 0 Å². The third kappa shape index (κ3) is 4.59. The van der Waals surface area contributed by atoms with Crippen molar-refractivity contribution in [1.29, 1.82) is 0 Å². The molecule has 0 saturated heterocycles. The van der Waals surface area contributed by atoms with Crippen molar-refractivity contribution >= 4 is 17.6 Å². The van der Waals surface area contributed by atoms with Crippen LogP contribution in [0.5, 0.6) is 0 Å². The number of carbonyl (C=O) groups is 2. The van der Waals surface area contributed by atoms with E-state index in [0.29, 0.717) is 18.8 Å². The van der Waals surface area contributed by atoms with Gasteiger partial charge in [-0.2, -0.15) is 0 Å². The summed E-state index contributed by atoms with van der Waals surface area (Å²) in [5.74, 6) is -0.116. The zero-order valence-corrected chi connectivity index (χ0v) is 14.0. The summed E-state index contributed by atoms with van der Waals surface area (Å²) in [7, 11) is 0. The molecule has 24 heavy (non-hydrogen) atoms. The Bertz CT molecular complexity index is 655. The van der Waals surface area contributed by atoms with Gasteiger partial charge in [0.2, 0.25) is 5.91 Å². The fraction of sp³-hybridized carbons (Fsp3) is 0.263. The number of carbonyl (C=O) groups excluding carboxylic acids is 2. The van der Waals surface area contributed by atoms with Gasteiger partial charge in [-0.3, -0.25) is 4.79 Å². The molecule has 0 heterocycles. The van der Waals surface area contributed by atoms with Gasteiger partial charge in [0.05, 0.1) is 0 Å². The van der Waals surface area contributed by atoms with Crippen molar-refractivity contribution in [3.05, 3.63) is 66.2 Å². The lowest BCUT2D eigenvalue weighted by Gasteiger charge is -2.26. The second-order valence-corrected chi connectivity index (χ2v) is 5.32. The zero-order chi connectivity index (χ0) is 17.4. The highest BCUT2D eigenvalue weighted by molar-refractivity contribution is 5.94. The molecule has 2 aromatic rings. The van der Waals surface area contributed by atoms with Gasteiger partial charge in [0.1, 0.15) is 6.04 Å². The molecule has 126 valence electrons. The maximum Gasteiger partial charge on any atom is 0.320 e. The number of anilines is 1. The molecular weight excluding hydrogens is 302 g/mol. The number of rotatable bonds is 6. The Kier molecular flexibility index (Phi) is 6.37. The van der Waals surface area contributed by atoms with Crippen molar-refractivity contribution in [2.75, 3.05) is 18.4 Å². The number of amides is 3. The number of hydrogen-bond donors (Lipinski definition) is 2. The first-order valence-electron chi connectivity index (χ1n) is 8.12. The van der Waals surface area contributed by atoms with Gasteiger partial charge in [-0.15, -0.1) is 0 Å². The lowest BCUT2D eigenvalue weighted by atomic mass is 10.1. The predicted molar refractivity (Wildman–Crippen MR) is 95.7 cm³/mol. The van der Waals surface area contributed by atoms with Gasteiger partial charge in [0, 0.05) is 18.8 Å². The Morgan fingerprint density at radius 1 is 0.917 bits per heavy atom. The lowest BCUT2D eigenvalue weighted by Crippen LogP contribution is -2.44. The monoisotopic (exact) mass is 325 g/mol.